The van der Waals surface area contributed by atoms with E-state index < -0.39 is 0 Å². The van der Waals surface area contributed by atoms with E-state index >= 15 is 0 Å². The third kappa shape index (κ3) is 35.7. The summed E-state index contributed by atoms with van der Waals surface area (Å²) in [5, 5.41) is 0. The molecule has 0 aliphatic rings. The molecule has 0 heterocycles. The molecule has 29 heavy (non-hydrogen) atoms. The Bertz CT molecular complexity index is 219. The van der Waals surface area contributed by atoms with E-state index in [1.807, 2.05) is 0 Å². The topological polar surface area (TPSA) is 52.0 Å². The molecule has 4 N–H and O–H groups in total. The minimum atomic E-state index is 0.870. The maximum atomic E-state index is 5.48. The fourth-order valence-corrected chi connectivity index (χ4v) is 3.79. The maximum absolute atomic E-state index is 5.48. The van der Waals surface area contributed by atoms with E-state index in [1.165, 1.54) is 148 Å². The summed E-state index contributed by atoms with van der Waals surface area (Å²) in [4.78, 5) is 0. The highest BCUT2D eigenvalue weighted by atomic mass is 14.5. The average Bonchev–Trinajstić information content (AvgIpc) is 2.74. The molecular formula is C27H60N2. The molecule has 0 rings (SSSR count). The molecule has 0 aromatic carbocycles. The molecule has 0 radical (unpaired) electrons. The molecule has 0 amide bonds. The van der Waals surface area contributed by atoms with Crippen LogP contribution in [0.25, 0.3) is 0 Å². The van der Waals surface area contributed by atoms with Crippen LogP contribution in [0.5, 0.6) is 0 Å². The summed E-state index contributed by atoms with van der Waals surface area (Å²) in [7, 11) is 0. The van der Waals surface area contributed by atoms with E-state index in [0.29, 0.717) is 0 Å². The van der Waals surface area contributed by atoms with Crippen LogP contribution in [0.15, 0.2) is 0 Å². The Labute approximate surface area is 186 Å². The van der Waals surface area contributed by atoms with E-state index in [0.717, 1.165) is 13.1 Å². The molecular weight excluding hydrogens is 352 g/mol. The standard InChI is InChI=1S/C17H37N.C10H23N/c1-2-3-4-5-6-7-8-9-10-11-12-13-14-15-16-17-18;1-2-3-4-5-6-7-8-9-10-11/h2-18H2,1H3;2-11H2,1H3. The van der Waals surface area contributed by atoms with Crippen LogP contribution >= 0.6 is 0 Å². The zero-order chi connectivity index (χ0) is 21.7. The van der Waals surface area contributed by atoms with Crippen molar-refractivity contribution in [3.8, 4) is 0 Å². The number of rotatable bonds is 23. The molecule has 0 bridgehead atoms. The summed E-state index contributed by atoms with van der Waals surface area (Å²) in [6, 6.07) is 0. The van der Waals surface area contributed by atoms with Crippen molar-refractivity contribution in [1.29, 1.82) is 0 Å². The zero-order valence-electron chi connectivity index (χ0n) is 20.8. The maximum Gasteiger partial charge on any atom is -0.00773 e. The van der Waals surface area contributed by atoms with Gasteiger partial charge in [0, 0.05) is 0 Å². The molecule has 0 aromatic heterocycles. The van der Waals surface area contributed by atoms with Crippen LogP contribution in [-0.2, 0) is 0 Å². The highest BCUT2D eigenvalue weighted by Crippen LogP contribution is 2.13. The van der Waals surface area contributed by atoms with Gasteiger partial charge in [-0.05, 0) is 25.9 Å². The Balaban J connectivity index is 0. The first-order chi connectivity index (χ1) is 14.3. The van der Waals surface area contributed by atoms with Crippen LogP contribution < -0.4 is 11.5 Å². The van der Waals surface area contributed by atoms with Gasteiger partial charge in [-0.25, -0.2) is 0 Å². The van der Waals surface area contributed by atoms with Gasteiger partial charge in [0.15, 0.2) is 0 Å². The van der Waals surface area contributed by atoms with Crippen LogP contribution in [0.4, 0.5) is 0 Å². The van der Waals surface area contributed by atoms with Crippen molar-refractivity contribution in [3.63, 3.8) is 0 Å². The Kier molecular flexibility index (Phi) is 35.0. The molecule has 0 fully saturated rings. The average molecular weight is 413 g/mol. The summed E-state index contributed by atoms with van der Waals surface area (Å²) in [6.45, 7) is 6.29. The second kappa shape index (κ2) is 32.6. The van der Waals surface area contributed by atoms with E-state index in [1.54, 1.807) is 0 Å². The van der Waals surface area contributed by atoms with Crippen LogP contribution in [0.2, 0.25) is 0 Å². The number of nitrogens with two attached hydrogens (primary N) is 2. The van der Waals surface area contributed by atoms with Crippen molar-refractivity contribution in [1.82, 2.24) is 0 Å². The summed E-state index contributed by atoms with van der Waals surface area (Å²) in [6.07, 6.45) is 32.3. The Morgan fingerprint density at radius 1 is 0.276 bits per heavy atom. The lowest BCUT2D eigenvalue weighted by atomic mass is 10.0. The molecule has 0 aliphatic heterocycles. The normalized spacial score (nSPS) is 10.8. The van der Waals surface area contributed by atoms with E-state index in [-0.39, 0.29) is 0 Å². The van der Waals surface area contributed by atoms with E-state index in [4.69, 9.17) is 11.5 Å². The third-order valence-corrected chi connectivity index (χ3v) is 5.87. The lowest BCUT2D eigenvalue weighted by Crippen LogP contribution is -1.97. The predicted molar refractivity (Wildman–Crippen MR) is 136 cm³/mol. The first-order valence-electron chi connectivity index (χ1n) is 13.7. The number of hydrogen-bond donors (Lipinski definition) is 2. The summed E-state index contributed by atoms with van der Waals surface area (Å²) in [5.74, 6) is 0. The molecule has 178 valence electrons. The first-order valence-corrected chi connectivity index (χ1v) is 13.7. The molecule has 0 unspecified atom stereocenters. The fraction of sp³-hybridized carbons (Fsp3) is 1.00. The first kappa shape index (κ1) is 31.1. The molecule has 2 heteroatoms. The van der Waals surface area contributed by atoms with Crippen LogP contribution in [0.1, 0.15) is 162 Å². The Morgan fingerprint density at radius 2 is 0.448 bits per heavy atom. The van der Waals surface area contributed by atoms with E-state index in [9.17, 15) is 0 Å². The van der Waals surface area contributed by atoms with Gasteiger partial charge in [0.05, 0.1) is 0 Å². The highest BCUT2D eigenvalue weighted by Gasteiger charge is 1.93. The largest absolute Gasteiger partial charge is 0.330 e. The second-order valence-corrected chi connectivity index (χ2v) is 9.00. The zero-order valence-corrected chi connectivity index (χ0v) is 20.8. The minimum absolute atomic E-state index is 0.870. The van der Waals surface area contributed by atoms with Crippen LogP contribution in [0, 0.1) is 0 Å². The quantitative estimate of drug-likeness (QED) is 0.165. The molecule has 0 aliphatic carbocycles. The van der Waals surface area contributed by atoms with Gasteiger partial charge in [-0.15, -0.1) is 0 Å². The molecule has 0 saturated heterocycles. The summed E-state index contributed by atoms with van der Waals surface area (Å²) in [5.41, 5.74) is 10.9. The van der Waals surface area contributed by atoms with Gasteiger partial charge in [-0.1, -0.05) is 149 Å². The lowest BCUT2D eigenvalue weighted by Gasteiger charge is -2.03. The van der Waals surface area contributed by atoms with Gasteiger partial charge in [0.25, 0.3) is 0 Å². The molecule has 2 nitrogen and oxygen atoms in total. The van der Waals surface area contributed by atoms with Gasteiger partial charge >= 0.3 is 0 Å². The smallest absolute Gasteiger partial charge is 0.00773 e. The summed E-state index contributed by atoms with van der Waals surface area (Å²) >= 11 is 0. The SMILES string of the molecule is CCCCCCCCCCCCCCCCCN.CCCCCCCCCCN. The van der Waals surface area contributed by atoms with Gasteiger partial charge in [0.1, 0.15) is 0 Å². The Hall–Kier alpha value is -0.0800. The number of hydrogen-bond acceptors (Lipinski definition) is 2. The van der Waals surface area contributed by atoms with Gasteiger partial charge < -0.3 is 11.5 Å². The molecule has 0 saturated carbocycles. The fourth-order valence-electron chi connectivity index (χ4n) is 3.79. The summed E-state index contributed by atoms with van der Waals surface area (Å²) < 4.78 is 0. The lowest BCUT2D eigenvalue weighted by molar-refractivity contribution is 0.533. The van der Waals surface area contributed by atoms with Crippen molar-refractivity contribution < 1.29 is 0 Å². The predicted octanol–water partition coefficient (Wildman–Crippen LogP) is 8.90. The monoisotopic (exact) mass is 412 g/mol. The molecule has 0 spiro atoms. The second-order valence-electron chi connectivity index (χ2n) is 9.00. The van der Waals surface area contributed by atoms with Gasteiger partial charge in [0.2, 0.25) is 0 Å². The van der Waals surface area contributed by atoms with Crippen molar-refractivity contribution in [3.05, 3.63) is 0 Å². The number of unbranched alkanes of at least 4 members (excludes halogenated alkanes) is 21. The van der Waals surface area contributed by atoms with Crippen molar-refractivity contribution in [2.75, 3.05) is 13.1 Å². The third-order valence-electron chi connectivity index (χ3n) is 5.87. The van der Waals surface area contributed by atoms with Crippen LogP contribution in [-0.4, -0.2) is 13.1 Å². The van der Waals surface area contributed by atoms with Crippen molar-refractivity contribution in [2.45, 2.75) is 162 Å². The van der Waals surface area contributed by atoms with Crippen molar-refractivity contribution in [2.24, 2.45) is 11.5 Å². The van der Waals surface area contributed by atoms with Crippen LogP contribution in [0.3, 0.4) is 0 Å². The molecule has 0 aromatic rings. The minimum Gasteiger partial charge on any atom is -0.330 e. The van der Waals surface area contributed by atoms with Gasteiger partial charge in [-0.2, -0.15) is 0 Å². The highest BCUT2D eigenvalue weighted by molar-refractivity contribution is 4.50. The van der Waals surface area contributed by atoms with Gasteiger partial charge in [-0.3, -0.25) is 0 Å². The molecule has 0 atom stereocenters. The Morgan fingerprint density at radius 3 is 0.621 bits per heavy atom. The van der Waals surface area contributed by atoms with Crippen molar-refractivity contribution >= 4 is 0 Å². The van der Waals surface area contributed by atoms with E-state index in [2.05, 4.69) is 13.8 Å².